The SMILES string of the molecule is C[C@]12C=CC(=O)C=C1CC[C@@H]1[C@@H]2C(O)C[C@]2(C)C(C(=O)C(O)O)=CC[C@@H]12. The Hall–Kier alpha value is -1.56. The number of hydrogen-bond donors (Lipinski definition) is 3. The molecule has 0 aromatic heterocycles. The van der Waals surface area contributed by atoms with Crippen LogP contribution in [-0.4, -0.2) is 39.3 Å². The number of hydrogen-bond acceptors (Lipinski definition) is 5. The zero-order valence-corrected chi connectivity index (χ0v) is 15.2. The summed E-state index contributed by atoms with van der Waals surface area (Å²) in [5.41, 5.74) is 0.686. The van der Waals surface area contributed by atoms with Gasteiger partial charge in [-0.3, -0.25) is 9.59 Å². The number of carbonyl (C=O) groups excluding carboxylic acids is 2. The van der Waals surface area contributed by atoms with Crippen molar-refractivity contribution in [2.75, 3.05) is 0 Å². The van der Waals surface area contributed by atoms with Gasteiger partial charge < -0.3 is 15.3 Å². The summed E-state index contributed by atoms with van der Waals surface area (Å²) in [7, 11) is 0. The van der Waals surface area contributed by atoms with Crippen molar-refractivity contribution in [2.24, 2.45) is 28.6 Å². The van der Waals surface area contributed by atoms with Crippen molar-refractivity contribution >= 4 is 11.6 Å². The average Bonchev–Trinajstić information content (AvgIpc) is 2.90. The molecule has 2 fully saturated rings. The number of ketones is 2. The van der Waals surface area contributed by atoms with Gasteiger partial charge in [-0.2, -0.15) is 0 Å². The van der Waals surface area contributed by atoms with Crippen LogP contribution in [0.3, 0.4) is 0 Å². The molecule has 0 heterocycles. The molecule has 5 nitrogen and oxygen atoms in total. The first-order valence-corrected chi connectivity index (χ1v) is 9.42. The Balaban J connectivity index is 1.71. The highest BCUT2D eigenvalue weighted by Gasteiger charge is 2.60. The Kier molecular flexibility index (Phi) is 3.92. The van der Waals surface area contributed by atoms with E-state index in [1.54, 1.807) is 12.2 Å². The molecule has 4 aliphatic carbocycles. The summed E-state index contributed by atoms with van der Waals surface area (Å²) in [6.45, 7) is 4.08. The monoisotopic (exact) mass is 358 g/mol. The maximum Gasteiger partial charge on any atom is 0.217 e. The van der Waals surface area contributed by atoms with E-state index in [1.807, 2.05) is 19.1 Å². The van der Waals surface area contributed by atoms with Gasteiger partial charge in [0.25, 0.3) is 0 Å². The molecule has 26 heavy (non-hydrogen) atoms. The Bertz CT molecular complexity index is 760. The van der Waals surface area contributed by atoms with Crippen molar-refractivity contribution < 1.29 is 24.9 Å². The smallest absolute Gasteiger partial charge is 0.217 e. The first-order chi connectivity index (χ1) is 12.2. The van der Waals surface area contributed by atoms with Crippen LogP contribution in [0.25, 0.3) is 0 Å². The molecule has 0 bridgehead atoms. The van der Waals surface area contributed by atoms with Gasteiger partial charge in [0, 0.05) is 22.3 Å². The summed E-state index contributed by atoms with van der Waals surface area (Å²) < 4.78 is 0. The highest BCUT2D eigenvalue weighted by Crippen LogP contribution is 2.64. The van der Waals surface area contributed by atoms with Crippen LogP contribution in [-0.2, 0) is 9.59 Å². The molecule has 4 aliphatic rings. The molecule has 0 amide bonds. The van der Waals surface area contributed by atoms with Gasteiger partial charge in [0.15, 0.2) is 5.78 Å². The molecule has 0 saturated heterocycles. The van der Waals surface area contributed by atoms with E-state index in [9.17, 15) is 24.9 Å². The third kappa shape index (κ3) is 2.27. The van der Waals surface area contributed by atoms with Crippen LogP contribution in [0.4, 0.5) is 0 Å². The standard InChI is InChI=1S/C21H26O5/c1-20-8-7-12(22)9-11(20)3-4-13-14-5-6-15(18(24)19(25)26)21(14,2)10-16(23)17(13)20/h6-9,13-14,16-17,19,23,25-26H,3-5,10H2,1-2H3/t13-,14-,16?,17+,20-,21-/m0/s1. The van der Waals surface area contributed by atoms with Crippen molar-refractivity contribution in [3.05, 3.63) is 35.5 Å². The van der Waals surface area contributed by atoms with Crippen LogP contribution in [0.1, 0.15) is 39.5 Å². The Morgan fingerprint density at radius 2 is 2.04 bits per heavy atom. The highest BCUT2D eigenvalue weighted by atomic mass is 16.5. The number of carbonyl (C=O) groups is 2. The van der Waals surface area contributed by atoms with Crippen molar-refractivity contribution in [2.45, 2.75) is 51.9 Å². The normalized spacial score (nSPS) is 44.2. The average molecular weight is 358 g/mol. The molecule has 3 N–H and O–H groups in total. The second-order valence-corrected chi connectivity index (χ2v) is 8.80. The number of rotatable bonds is 2. The van der Waals surface area contributed by atoms with Gasteiger partial charge >= 0.3 is 0 Å². The molecule has 0 radical (unpaired) electrons. The van der Waals surface area contributed by atoms with Gasteiger partial charge in [-0.25, -0.2) is 0 Å². The summed E-state index contributed by atoms with van der Waals surface area (Å²) in [5, 5.41) is 29.8. The van der Waals surface area contributed by atoms with Crippen LogP contribution in [0.15, 0.2) is 35.5 Å². The third-order valence-electron chi connectivity index (χ3n) is 7.58. The largest absolute Gasteiger partial charge is 0.393 e. The van der Waals surface area contributed by atoms with Crippen LogP contribution >= 0.6 is 0 Å². The van der Waals surface area contributed by atoms with Gasteiger partial charge in [-0.1, -0.05) is 31.6 Å². The first kappa shape index (κ1) is 17.8. The van der Waals surface area contributed by atoms with Crippen molar-refractivity contribution in [3.8, 4) is 0 Å². The van der Waals surface area contributed by atoms with E-state index in [0.717, 1.165) is 24.8 Å². The lowest BCUT2D eigenvalue weighted by atomic mass is 9.47. The fourth-order valence-electron chi connectivity index (χ4n) is 6.42. The summed E-state index contributed by atoms with van der Waals surface area (Å²) in [4.78, 5) is 24.1. The first-order valence-electron chi connectivity index (χ1n) is 9.42. The van der Waals surface area contributed by atoms with Crippen LogP contribution in [0.5, 0.6) is 0 Å². The molecular formula is C21H26O5. The summed E-state index contributed by atoms with van der Waals surface area (Å²) in [6.07, 6.45) is 7.35. The van der Waals surface area contributed by atoms with E-state index < -0.39 is 23.6 Å². The van der Waals surface area contributed by atoms with Crippen LogP contribution < -0.4 is 0 Å². The van der Waals surface area contributed by atoms with Gasteiger partial charge in [-0.15, -0.1) is 0 Å². The summed E-state index contributed by atoms with van der Waals surface area (Å²) in [6, 6.07) is 0. The fraction of sp³-hybridized carbons (Fsp3) is 0.619. The van der Waals surface area contributed by atoms with Crippen molar-refractivity contribution in [1.82, 2.24) is 0 Å². The van der Waals surface area contributed by atoms with E-state index in [2.05, 4.69) is 6.92 Å². The lowest BCUT2D eigenvalue weighted by Gasteiger charge is -2.58. The predicted octanol–water partition coefficient (Wildman–Crippen LogP) is 1.68. The highest BCUT2D eigenvalue weighted by molar-refractivity contribution is 6.01. The minimum atomic E-state index is -2.00. The second-order valence-electron chi connectivity index (χ2n) is 8.80. The van der Waals surface area contributed by atoms with Crippen molar-refractivity contribution in [3.63, 3.8) is 0 Å². The Labute approximate surface area is 153 Å². The fourth-order valence-corrected chi connectivity index (χ4v) is 6.42. The molecule has 1 unspecified atom stereocenters. The lowest BCUT2D eigenvalue weighted by molar-refractivity contribution is -0.145. The quantitative estimate of drug-likeness (QED) is 0.653. The van der Waals surface area contributed by atoms with Gasteiger partial charge in [-0.05, 0) is 49.7 Å². The van der Waals surface area contributed by atoms with Gasteiger partial charge in [0.2, 0.25) is 12.1 Å². The Morgan fingerprint density at radius 1 is 1.31 bits per heavy atom. The van der Waals surface area contributed by atoms with Crippen LogP contribution in [0.2, 0.25) is 0 Å². The summed E-state index contributed by atoms with van der Waals surface area (Å²) >= 11 is 0. The number of aliphatic hydroxyl groups excluding tert-OH is 2. The lowest BCUT2D eigenvalue weighted by Crippen LogP contribution is -2.56. The zero-order valence-electron chi connectivity index (χ0n) is 15.2. The zero-order chi connectivity index (χ0) is 18.9. The molecular weight excluding hydrogens is 332 g/mol. The maximum absolute atomic E-state index is 12.3. The topological polar surface area (TPSA) is 94.8 Å². The number of aliphatic hydroxyl groups is 3. The third-order valence-corrected chi connectivity index (χ3v) is 7.58. The molecule has 4 rings (SSSR count). The molecule has 0 aromatic rings. The molecule has 6 atom stereocenters. The minimum Gasteiger partial charge on any atom is -0.393 e. The number of allylic oxidation sites excluding steroid dienone is 5. The predicted molar refractivity (Wildman–Crippen MR) is 94.7 cm³/mol. The Morgan fingerprint density at radius 3 is 2.73 bits per heavy atom. The van der Waals surface area contributed by atoms with Gasteiger partial charge in [0.1, 0.15) is 0 Å². The second kappa shape index (κ2) is 5.72. The molecule has 5 heteroatoms. The van der Waals surface area contributed by atoms with E-state index in [1.165, 1.54) is 0 Å². The van der Waals surface area contributed by atoms with E-state index >= 15 is 0 Å². The molecule has 2 saturated carbocycles. The maximum atomic E-state index is 12.3. The number of fused-ring (bicyclic) bond motifs is 5. The van der Waals surface area contributed by atoms with Crippen molar-refractivity contribution in [1.29, 1.82) is 0 Å². The van der Waals surface area contributed by atoms with Crippen LogP contribution in [0, 0.1) is 28.6 Å². The summed E-state index contributed by atoms with van der Waals surface area (Å²) in [5.74, 6) is -0.212. The molecule has 0 aliphatic heterocycles. The number of Topliss-reactive ketones (excluding diaryl/α,β-unsaturated/α-hetero) is 1. The van der Waals surface area contributed by atoms with Gasteiger partial charge in [0.05, 0.1) is 6.10 Å². The molecule has 140 valence electrons. The van der Waals surface area contributed by atoms with E-state index in [-0.39, 0.29) is 29.0 Å². The van der Waals surface area contributed by atoms with E-state index in [0.29, 0.717) is 12.0 Å². The molecule has 0 aromatic carbocycles. The molecule has 0 spiro atoms. The minimum absolute atomic E-state index is 0.00632. The van der Waals surface area contributed by atoms with E-state index in [4.69, 9.17) is 0 Å².